The Bertz CT molecular complexity index is 970. The summed E-state index contributed by atoms with van der Waals surface area (Å²) in [6.07, 6.45) is 0. The zero-order valence-electron chi connectivity index (χ0n) is 21.3. The Kier molecular flexibility index (Phi) is 10.2. The van der Waals surface area contributed by atoms with Crippen molar-refractivity contribution in [3.8, 4) is 34.5 Å². The molecule has 0 fully saturated rings. The molecule has 0 N–H and O–H groups in total. The van der Waals surface area contributed by atoms with Gasteiger partial charge in [-0.3, -0.25) is 0 Å². The summed E-state index contributed by atoms with van der Waals surface area (Å²) in [5, 5.41) is 0. The van der Waals surface area contributed by atoms with Gasteiger partial charge in [-0.05, 0) is 0 Å². The second kappa shape index (κ2) is 12.6. The molecular formula is C24H32O10Sn. The van der Waals surface area contributed by atoms with Crippen LogP contribution in [0.2, 0.25) is 8.87 Å². The minimum absolute atomic E-state index is 0.132. The van der Waals surface area contributed by atoms with Crippen molar-refractivity contribution in [3.63, 3.8) is 0 Å². The van der Waals surface area contributed by atoms with Crippen LogP contribution in [-0.2, 0) is 6.15 Å². The SMILES string of the molecule is C[CH2][Sn]([CH2]C)([O]C(=O)c1ccc(OC)c(OC)c1OC)[O]C(=O)c1ccc(OC)c(OC)c1OC. The van der Waals surface area contributed by atoms with Gasteiger partial charge in [-0.25, -0.2) is 0 Å². The van der Waals surface area contributed by atoms with Crippen LogP contribution in [0.1, 0.15) is 34.6 Å². The molecule has 0 spiro atoms. The Morgan fingerprint density at radius 3 is 1.17 bits per heavy atom. The van der Waals surface area contributed by atoms with Gasteiger partial charge in [0.15, 0.2) is 0 Å². The first-order valence-electron chi connectivity index (χ1n) is 10.8. The molecule has 0 atom stereocenters. The number of benzene rings is 2. The summed E-state index contributed by atoms with van der Waals surface area (Å²) >= 11 is -4.28. The molecule has 2 rings (SSSR count). The molecule has 192 valence electrons. The van der Waals surface area contributed by atoms with Crippen molar-refractivity contribution in [2.45, 2.75) is 22.7 Å². The summed E-state index contributed by atoms with van der Waals surface area (Å²) in [4.78, 5) is 26.5. The summed E-state index contributed by atoms with van der Waals surface area (Å²) in [6.45, 7) is 3.66. The van der Waals surface area contributed by atoms with Crippen molar-refractivity contribution >= 4 is 31.1 Å². The molecule has 0 aliphatic heterocycles. The van der Waals surface area contributed by atoms with E-state index in [1.165, 1.54) is 54.8 Å². The third-order valence-electron chi connectivity index (χ3n) is 5.48. The van der Waals surface area contributed by atoms with Crippen LogP contribution < -0.4 is 28.4 Å². The summed E-state index contributed by atoms with van der Waals surface area (Å²) in [6, 6.07) is 6.19. The molecule has 11 heteroatoms. The van der Waals surface area contributed by atoms with Gasteiger partial charge >= 0.3 is 211 Å². The van der Waals surface area contributed by atoms with E-state index in [1.807, 2.05) is 13.8 Å². The van der Waals surface area contributed by atoms with Crippen molar-refractivity contribution in [2.75, 3.05) is 42.7 Å². The van der Waals surface area contributed by atoms with Gasteiger partial charge in [0.05, 0.1) is 0 Å². The summed E-state index contributed by atoms with van der Waals surface area (Å²) in [7, 11) is 8.66. The quantitative estimate of drug-likeness (QED) is 0.329. The molecular weight excluding hydrogens is 567 g/mol. The van der Waals surface area contributed by atoms with E-state index in [9.17, 15) is 9.59 Å². The van der Waals surface area contributed by atoms with Crippen LogP contribution in [0.25, 0.3) is 0 Å². The van der Waals surface area contributed by atoms with E-state index in [1.54, 1.807) is 12.1 Å². The van der Waals surface area contributed by atoms with E-state index in [-0.39, 0.29) is 34.1 Å². The van der Waals surface area contributed by atoms with Crippen LogP contribution in [0.5, 0.6) is 34.5 Å². The van der Waals surface area contributed by atoms with Crippen molar-refractivity contribution in [1.29, 1.82) is 0 Å². The fraction of sp³-hybridized carbons (Fsp3) is 0.417. The zero-order valence-corrected chi connectivity index (χ0v) is 24.2. The van der Waals surface area contributed by atoms with E-state index in [0.29, 0.717) is 20.4 Å². The van der Waals surface area contributed by atoms with Gasteiger partial charge in [0.1, 0.15) is 0 Å². The summed E-state index contributed by atoms with van der Waals surface area (Å²) in [5.41, 5.74) is 0.265. The van der Waals surface area contributed by atoms with E-state index < -0.39 is 31.1 Å². The van der Waals surface area contributed by atoms with Crippen LogP contribution in [0.15, 0.2) is 24.3 Å². The minimum atomic E-state index is -4.28. The molecule has 0 aliphatic carbocycles. The molecule has 0 aromatic heterocycles. The average molecular weight is 599 g/mol. The monoisotopic (exact) mass is 600 g/mol. The molecule has 0 aliphatic rings. The number of hydrogen-bond donors (Lipinski definition) is 0. The molecule has 35 heavy (non-hydrogen) atoms. The first-order valence-corrected chi connectivity index (χ1v) is 17.2. The van der Waals surface area contributed by atoms with Gasteiger partial charge in [0.2, 0.25) is 0 Å². The topological polar surface area (TPSA) is 108 Å². The maximum atomic E-state index is 13.3. The maximum absolute atomic E-state index is 13.3. The van der Waals surface area contributed by atoms with Crippen LogP contribution in [-0.4, -0.2) is 73.8 Å². The summed E-state index contributed by atoms with van der Waals surface area (Å²) < 4.78 is 44.8. The van der Waals surface area contributed by atoms with Crippen LogP contribution in [0.4, 0.5) is 0 Å². The molecule has 0 bridgehead atoms. The Labute approximate surface area is 210 Å². The van der Waals surface area contributed by atoms with E-state index in [4.69, 9.17) is 34.6 Å². The number of hydrogen-bond acceptors (Lipinski definition) is 10. The van der Waals surface area contributed by atoms with Crippen molar-refractivity contribution in [2.24, 2.45) is 0 Å². The molecule has 2 aromatic carbocycles. The molecule has 0 amide bonds. The molecule has 0 saturated carbocycles. The predicted octanol–water partition coefficient (Wildman–Crippen LogP) is 4.23. The van der Waals surface area contributed by atoms with Gasteiger partial charge in [-0.2, -0.15) is 0 Å². The molecule has 0 heterocycles. The first kappa shape index (κ1) is 28.2. The predicted molar refractivity (Wildman–Crippen MR) is 130 cm³/mol. The van der Waals surface area contributed by atoms with Crippen molar-refractivity contribution < 1.29 is 44.2 Å². The molecule has 0 radical (unpaired) electrons. The first-order chi connectivity index (χ1) is 16.8. The Morgan fingerprint density at radius 1 is 0.571 bits per heavy atom. The Hall–Kier alpha value is -3.02. The zero-order chi connectivity index (χ0) is 26.2. The Balaban J connectivity index is 2.43. The van der Waals surface area contributed by atoms with Gasteiger partial charge in [-0.1, -0.05) is 0 Å². The number of carbonyl (C=O) groups excluding carboxylic acids is 2. The Morgan fingerprint density at radius 2 is 0.914 bits per heavy atom. The second-order valence-electron chi connectivity index (χ2n) is 7.16. The van der Waals surface area contributed by atoms with E-state index in [2.05, 4.69) is 0 Å². The molecule has 2 aromatic rings. The normalized spacial score (nSPS) is 10.7. The van der Waals surface area contributed by atoms with Crippen molar-refractivity contribution in [1.82, 2.24) is 0 Å². The van der Waals surface area contributed by atoms with Gasteiger partial charge in [0, 0.05) is 0 Å². The van der Waals surface area contributed by atoms with E-state index in [0.717, 1.165) is 0 Å². The number of ether oxygens (including phenoxy) is 6. The van der Waals surface area contributed by atoms with Gasteiger partial charge < -0.3 is 0 Å². The second-order valence-corrected chi connectivity index (χ2v) is 17.6. The van der Waals surface area contributed by atoms with Gasteiger partial charge in [-0.15, -0.1) is 0 Å². The third kappa shape index (κ3) is 5.80. The van der Waals surface area contributed by atoms with Crippen LogP contribution in [0, 0.1) is 0 Å². The number of carbonyl (C=O) groups is 2. The van der Waals surface area contributed by atoms with Gasteiger partial charge in [0.25, 0.3) is 0 Å². The van der Waals surface area contributed by atoms with Crippen molar-refractivity contribution in [3.05, 3.63) is 35.4 Å². The number of rotatable bonds is 12. The fourth-order valence-corrected chi connectivity index (χ4v) is 9.28. The molecule has 0 saturated heterocycles. The molecule has 10 nitrogen and oxygen atoms in total. The van der Waals surface area contributed by atoms with E-state index >= 15 is 0 Å². The third-order valence-corrected chi connectivity index (χ3v) is 14.8. The average Bonchev–Trinajstić information content (AvgIpc) is 2.90. The van der Waals surface area contributed by atoms with Crippen LogP contribution in [0.3, 0.4) is 0 Å². The molecule has 0 unspecified atom stereocenters. The fourth-order valence-electron chi connectivity index (χ4n) is 3.53. The van der Waals surface area contributed by atoms with Crippen LogP contribution >= 0.6 is 0 Å². The number of methoxy groups -OCH3 is 6. The summed E-state index contributed by atoms with van der Waals surface area (Å²) in [5.74, 6) is 0.288. The standard InChI is InChI=1S/2C10H12O5.2C2H5.Sn/c2*1-13-7-5-4-6(10(11)12)8(14-2)9(7)15-3;2*1-2;/h2*4-5H,1-3H3,(H,11,12);2*1H2,2H3;/q;;;;+2/p-2.